The molecule has 0 aliphatic heterocycles. The highest BCUT2D eigenvalue weighted by Gasteiger charge is 2.09. The van der Waals surface area contributed by atoms with Crippen LogP contribution in [-0.2, 0) is 16.2 Å². The summed E-state index contributed by atoms with van der Waals surface area (Å²) in [6, 6.07) is 20.6. The summed E-state index contributed by atoms with van der Waals surface area (Å²) in [7, 11) is 1.63. The minimum Gasteiger partial charge on any atom is -0.497 e. The summed E-state index contributed by atoms with van der Waals surface area (Å²) >= 11 is 0. The quantitative estimate of drug-likeness (QED) is 0.291. The van der Waals surface area contributed by atoms with Crippen molar-refractivity contribution >= 4 is 23.7 Å². The van der Waals surface area contributed by atoms with Gasteiger partial charge in [-0.05, 0) is 84.6 Å². The summed E-state index contributed by atoms with van der Waals surface area (Å²) in [6.07, 6.45) is 1.19. The van der Waals surface area contributed by atoms with Gasteiger partial charge < -0.3 is 14.8 Å². The lowest BCUT2D eigenvalue weighted by molar-refractivity contribution is -0.126. The normalized spacial score (nSPS) is 10.6. The molecule has 0 bridgehead atoms. The van der Waals surface area contributed by atoms with Gasteiger partial charge in [0.05, 0.1) is 13.3 Å². The Bertz CT molecular complexity index is 1120. The average molecular weight is 446 g/mol. The molecule has 2 amide bonds. The number of benzene rings is 3. The number of carbonyl (C=O) groups is 2. The molecule has 3 rings (SSSR count). The van der Waals surface area contributed by atoms with Gasteiger partial charge in [-0.25, -0.2) is 5.43 Å². The molecule has 0 saturated heterocycles. The Balaban J connectivity index is 1.42. The molecule has 0 heterocycles. The minimum atomic E-state index is -0.493. The van der Waals surface area contributed by atoms with Crippen LogP contribution < -0.4 is 20.2 Å². The largest absolute Gasteiger partial charge is 0.497 e. The van der Waals surface area contributed by atoms with Crippen molar-refractivity contribution in [3.8, 4) is 11.5 Å². The zero-order valence-corrected chi connectivity index (χ0v) is 18.9. The average Bonchev–Trinajstić information content (AvgIpc) is 2.81. The molecule has 3 aromatic carbocycles. The predicted octanol–water partition coefficient (Wildman–Crippen LogP) is 4.37. The molecule has 0 aromatic heterocycles. The van der Waals surface area contributed by atoms with Crippen LogP contribution in [-0.4, -0.2) is 25.1 Å². The van der Waals surface area contributed by atoms with Crippen LogP contribution in [0.25, 0.3) is 0 Å². The van der Waals surface area contributed by atoms with Crippen LogP contribution in [0.5, 0.6) is 11.5 Å². The summed E-state index contributed by atoms with van der Waals surface area (Å²) in [5, 5.41) is 6.62. The molecule has 0 unspecified atom stereocenters. The van der Waals surface area contributed by atoms with E-state index in [2.05, 4.69) is 15.8 Å². The maximum atomic E-state index is 12.0. The molecule has 170 valence electrons. The monoisotopic (exact) mass is 445 g/mol. The van der Waals surface area contributed by atoms with E-state index in [0.29, 0.717) is 12.3 Å². The second kappa shape index (κ2) is 11.5. The molecule has 0 saturated carbocycles. The first-order valence-electron chi connectivity index (χ1n) is 10.5. The van der Waals surface area contributed by atoms with Crippen molar-refractivity contribution in [2.45, 2.75) is 26.9 Å². The standard InChI is InChI=1S/C26H27N3O4/c1-18-4-9-22(14-19(18)2)28-25(30)15-26(31)29-27-16-20-5-12-24(13-6-20)33-17-21-7-10-23(32-3)11-8-21/h4-14,16H,15,17H2,1-3H3,(H,28,30)(H,29,31). The fraction of sp³-hybridized carbons (Fsp3) is 0.192. The number of amides is 2. The van der Waals surface area contributed by atoms with E-state index in [1.54, 1.807) is 13.2 Å². The van der Waals surface area contributed by atoms with Crippen molar-refractivity contribution in [2.24, 2.45) is 5.10 Å². The number of ether oxygens (including phenoxy) is 2. The Morgan fingerprint density at radius 3 is 2.24 bits per heavy atom. The van der Waals surface area contributed by atoms with Gasteiger partial charge >= 0.3 is 0 Å². The molecule has 7 nitrogen and oxygen atoms in total. The van der Waals surface area contributed by atoms with Crippen LogP contribution in [0.3, 0.4) is 0 Å². The Hall–Kier alpha value is -4.13. The van der Waals surface area contributed by atoms with E-state index in [9.17, 15) is 9.59 Å². The van der Waals surface area contributed by atoms with Gasteiger partial charge in [-0.3, -0.25) is 9.59 Å². The van der Waals surface area contributed by atoms with Crippen LogP contribution in [0.4, 0.5) is 5.69 Å². The van der Waals surface area contributed by atoms with Crippen LogP contribution in [0.2, 0.25) is 0 Å². The summed E-state index contributed by atoms with van der Waals surface area (Å²) in [5.41, 5.74) is 7.05. The number of hydrogen-bond acceptors (Lipinski definition) is 5. The molecule has 2 N–H and O–H groups in total. The first-order valence-corrected chi connectivity index (χ1v) is 10.5. The van der Waals surface area contributed by atoms with Crippen LogP contribution >= 0.6 is 0 Å². The van der Waals surface area contributed by atoms with Gasteiger partial charge in [0.15, 0.2) is 0 Å². The SMILES string of the molecule is COc1ccc(COc2ccc(C=NNC(=O)CC(=O)Nc3ccc(C)c(C)c3)cc2)cc1. The Kier molecular flexibility index (Phi) is 8.18. The van der Waals surface area contributed by atoms with Gasteiger partial charge in [0.1, 0.15) is 24.5 Å². The molecular weight excluding hydrogens is 418 g/mol. The van der Waals surface area contributed by atoms with Gasteiger partial charge in [-0.15, -0.1) is 0 Å². The first kappa shape index (κ1) is 23.5. The first-order chi connectivity index (χ1) is 15.9. The summed E-state index contributed by atoms with van der Waals surface area (Å²) < 4.78 is 10.9. The van der Waals surface area contributed by atoms with Crippen molar-refractivity contribution in [3.63, 3.8) is 0 Å². The highest BCUT2D eigenvalue weighted by molar-refractivity contribution is 6.03. The summed E-state index contributed by atoms with van der Waals surface area (Å²) in [5.74, 6) is 0.628. The number of hydrogen-bond donors (Lipinski definition) is 2. The number of nitrogens with one attached hydrogen (secondary N) is 2. The second-order valence-corrected chi connectivity index (χ2v) is 7.52. The summed E-state index contributed by atoms with van der Waals surface area (Å²) in [4.78, 5) is 24.0. The van der Waals surface area contributed by atoms with Gasteiger partial charge in [-0.2, -0.15) is 5.10 Å². The molecule has 0 aliphatic rings. The highest BCUT2D eigenvalue weighted by atomic mass is 16.5. The Labute approximate surface area is 193 Å². The maximum absolute atomic E-state index is 12.0. The number of carbonyl (C=O) groups excluding carboxylic acids is 2. The summed E-state index contributed by atoms with van der Waals surface area (Å²) in [6.45, 7) is 4.40. The molecule has 0 fully saturated rings. The van der Waals surface area contributed by atoms with E-state index in [1.165, 1.54) is 6.21 Å². The van der Waals surface area contributed by atoms with Crippen LogP contribution in [0.15, 0.2) is 71.8 Å². The molecule has 0 spiro atoms. The fourth-order valence-corrected chi connectivity index (χ4v) is 2.93. The van der Waals surface area contributed by atoms with Crippen molar-refractivity contribution in [3.05, 3.63) is 89.0 Å². The molecule has 7 heteroatoms. The van der Waals surface area contributed by atoms with Gasteiger partial charge in [0.2, 0.25) is 11.8 Å². The maximum Gasteiger partial charge on any atom is 0.249 e. The number of methoxy groups -OCH3 is 1. The lowest BCUT2D eigenvalue weighted by Crippen LogP contribution is -2.24. The van der Waals surface area contributed by atoms with Gasteiger partial charge in [-0.1, -0.05) is 18.2 Å². The number of aryl methyl sites for hydroxylation is 2. The third-order valence-corrected chi connectivity index (χ3v) is 4.96. The Morgan fingerprint density at radius 1 is 0.879 bits per heavy atom. The van der Waals surface area contributed by atoms with Crippen LogP contribution in [0, 0.1) is 13.8 Å². The van der Waals surface area contributed by atoms with Crippen molar-refractivity contribution in [1.29, 1.82) is 0 Å². The smallest absolute Gasteiger partial charge is 0.249 e. The van der Waals surface area contributed by atoms with Gasteiger partial charge in [0.25, 0.3) is 0 Å². The molecule has 0 aliphatic carbocycles. The highest BCUT2D eigenvalue weighted by Crippen LogP contribution is 2.16. The van der Waals surface area contributed by atoms with E-state index >= 15 is 0 Å². The van der Waals surface area contributed by atoms with Crippen molar-refractivity contribution < 1.29 is 19.1 Å². The molecule has 3 aromatic rings. The zero-order chi connectivity index (χ0) is 23.6. The van der Waals surface area contributed by atoms with E-state index in [0.717, 1.165) is 33.8 Å². The van der Waals surface area contributed by atoms with Crippen molar-refractivity contribution in [2.75, 3.05) is 12.4 Å². The molecule has 33 heavy (non-hydrogen) atoms. The number of anilines is 1. The van der Waals surface area contributed by atoms with E-state index in [4.69, 9.17) is 9.47 Å². The predicted molar refractivity (Wildman–Crippen MR) is 129 cm³/mol. The molecule has 0 radical (unpaired) electrons. The molecular formula is C26H27N3O4. The lowest BCUT2D eigenvalue weighted by atomic mass is 10.1. The minimum absolute atomic E-state index is 0.317. The zero-order valence-electron chi connectivity index (χ0n) is 18.9. The van der Waals surface area contributed by atoms with Crippen molar-refractivity contribution in [1.82, 2.24) is 5.43 Å². The third kappa shape index (κ3) is 7.50. The Morgan fingerprint density at radius 2 is 1.58 bits per heavy atom. The fourth-order valence-electron chi connectivity index (χ4n) is 2.93. The number of rotatable bonds is 9. The van der Waals surface area contributed by atoms with Gasteiger partial charge in [0, 0.05) is 5.69 Å². The van der Waals surface area contributed by atoms with E-state index in [-0.39, 0.29) is 6.42 Å². The lowest BCUT2D eigenvalue weighted by Gasteiger charge is -2.07. The van der Waals surface area contributed by atoms with E-state index in [1.807, 2.05) is 74.5 Å². The molecule has 0 atom stereocenters. The number of hydrazone groups is 1. The topological polar surface area (TPSA) is 89.0 Å². The van der Waals surface area contributed by atoms with E-state index < -0.39 is 11.8 Å². The third-order valence-electron chi connectivity index (χ3n) is 4.96. The number of nitrogens with zero attached hydrogens (tertiary/aromatic N) is 1. The van der Waals surface area contributed by atoms with Crippen LogP contribution in [0.1, 0.15) is 28.7 Å². The second-order valence-electron chi connectivity index (χ2n) is 7.52.